The number of ether oxygens (including phenoxy) is 2. The smallest absolute Gasteiger partial charge is 0.409 e. The molecule has 0 N–H and O–H groups in total. The van der Waals surface area contributed by atoms with E-state index in [-0.39, 0.29) is 6.08 Å². The maximum absolute atomic E-state index is 12.4. The minimum Gasteiger partial charge on any atom is -0.497 e. The van der Waals surface area contributed by atoms with Crippen LogP contribution in [0.2, 0.25) is 0 Å². The van der Waals surface area contributed by atoms with Crippen molar-refractivity contribution in [3.8, 4) is 11.5 Å². The van der Waals surface area contributed by atoms with Crippen LogP contribution in [-0.2, 0) is 0 Å². The van der Waals surface area contributed by atoms with E-state index < -0.39 is 12.3 Å². The molecule has 0 fully saturated rings. The van der Waals surface area contributed by atoms with Gasteiger partial charge in [0, 0.05) is 6.08 Å². The largest absolute Gasteiger partial charge is 0.497 e. The molecule has 0 heterocycles. The van der Waals surface area contributed by atoms with Crippen molar-refractivity contribution in [1.29, 1.82) is 0 Å². The fourth-order valence-corrected chi connectivity index (χ4v) is 1.86. The Morgan fingerprint density at radius 2 is 1.50 bits per heavy atom. The number of hydrogen-bond donors (Lipinski definition) is 0. The summed E-state index contributed by atoms with van der Waals surface area (Å²) in [6, 6.07) is 15.4. The highest BCUT2D eigenvalue weighted by molar-refractivity contribution is 5.33. The zero-order valence-corrected chi connectivity index (χ0v) is 11.9. The third-order valence-corrected chi connectivity index (χ3v) is 2.91. The molecule has 0 saturated carbocycles. The van der Waals surface area contributed by atoms with Crippen molar-refractivity contribution in [2.24, 2.45) is 0 Å². The Morgan fingerprint density at radius 3 is 2.05 bits per heavy atom. The summed E-state index contributed by atoms with van der Waals surface area (Å²) < 4.78 is 47.9. The summed E-state index contributed by atoms with van der Waals surface area (Å²) in [7, 11) is 1.54. The molecule has 1 atom stereocenters. The van der Waals surface area contributed by atoms with Crippen LogP contribution in [0.4, 0.5) is 13.2 Å². The maximum Gasteiger partial charge on any atom is 0.409 e. The predicted octanol–water partition coefficient (Wildman–Crippen LogP) is 4.93. The van der Waals surface area contributed by atoms with E-state index in [2.05, 4.69) is 0 Å². The van der Waals surface area contributed by atoms with Gasteiger partial charge in [-0.1, -0.05) is 30.3 Å². The van der Waals surface area contributed by atoms with Crippen LogP contribution in [0, 0.1) is 0 Å². The average molecular weight is 308 g/mol. The second-order valence-electron chi connectivity index (χ2n) is 4.53. The summed E-state index contributed by atoms with van der Waals surface area (Å²) in [6.45, 7) is 0. The lowest BCUT2D eigenvalue weighted by Crippen LogP contribution is -2.08. The van der Waals surface area contributed by atoms with Crippen LogP contribution in [-0.4, -0.2) is 13.3 Å². The van der Waals surface area contributed by atoms with E-state index in [0.29, 0.717) is 17.1 Å². The second kappa shape index (κ2) is 7.02. The van der Waals surface area contributed by atoms with Crippen molar-refractivity contribution >= 4 is 0 Å². The van der Waals surface area contributed by atoms with Crippen LogP contribution in [0.25, 0.3) is 0 Å². The first kappa shape index (κ1) is 15.9. The molecule has 0 aliphatic carbocycles. The molecule has 22 heavy (non-hydrogen) atoms. The minimum atomic E-state index is -4.38. The van der Waals surface area contributed by atoms with E-state index >= 15 is 0 Å². The van der Waals surface area contributed by atoms with E-state index in [4.69, 9.17) is 9.47 Å². The van der Waals surface area contributed by atoms with Gasteiger partial charge in [-0.15, -0.1) is 0 Å². The molecule has 0 amide bonds. The van der Waals surface area contributed by atoms with E-state index in [9.17, 15) is 13.2 Å². The quantitative estimate of drug-likeness (QED) is 0.729. The number of halogens is 3. The fraction of sp³-hybridized carbons (Fsp3) is 0.176. The average Bonchev–Trinajstić information content (AvgIpc) is 2.52. The lowest BCUT2D eigenvalue weighted by molar-refractivity contribution is -0.0804. The molecule has 2 aromatic rings. The van der Waals surface area contributed by atoms with Crippen LogP contribution in [0.15, 0.2) is 66.7 Å². The van der Waals surface area contributed by atoms with Crippen molar-refractivity contribution in [3.05, 3.63) is 72.3 Å². The van der Waals surface area contributed by atoms with E-state index in [0.717, 1.165) is 6.08 Å². The Labute approximate surface area is 126 Å². The molecule has 0 aliphatic rings. The molecular formula is C17H15F3O2. The van der Waals surface area contributed by atoms with Crippen molar-refractivity contribution in [3.63, 3.8) is 0 Å². The van der Waals surface area contributed by atoms with Gasteiger partial charge in [0.15, 0.2) is 0 Å². The number of rotatable bonds is 5. The highest BCUT2D eigenvalue weighted by Crippen LogP contribution is 2.27. The van der Waals surface area contributed by atoms with Gasteiger partial charge in [0.05, 0.1) is 7.11 Å². The number of allylic oxidation sites excluding steroid dienone is 1. The lowest BCUT2D eigenvalue weighted by Gasteiger charge is -2.17. The number of methoxy groups -OCH3 is 1. The van der Waals surface area contributed by atoms with Crippen LogP contribution >= 0.6 is 0 Å². The third kappa shape index (κ3) is 4.84. The van der Waals surface area contributed by atoms with Gasteiger partial charge < -0.3 is 9.47 Å². The monoisotopic (exact) mass is 308 g/mol. The molecule has 5 heteroatoms. The first-order chi connectivity index (χ1) is 10.5. The molecule has 1 unspecified atom stereocenters. The normalized spacial score (nSPS) is 13.1. The standard InChI is InChI=1S/C17H15F3O2/c1-21-14-7-9-15(10-8-14)22-16(11-12-17(18,19)20)13-5-3-2-4-6-13/h2-12,16H,1H3/b12-11+. The summed E-state index contributed by atoms with van der Waals surface area (Å²) >= 11 is 0. The molecule has 116 valence electrons. The topological polar surface area (TPSA) is 18.5 Å². The third-order valence-electron chi connectivity index (χ3n) is 2.91. The fourth-order valence-electron chi connectivity index (χ4n) is 1.86. The number of benzene rings is 2. The Kier molecular flexibility index (Phi) is 5.09. The summed E-state index contributed by atoms with van der Waals surface area (Å²) in [5, 5.41) is 0. The Balaban J connectivity index is 2.22. The van der Waals surface area contributed by atoms with Crippen molar-refractivity contribution in [2.45, 2.75) is 12.3 Å². The summed E-state index contributed by atoms with van der Waals surface area (Å²) in [5.41, 5.74) is 0.638. The lowest BCUT2D eigenvalue weighted by atomic mass is 10.1. The second-order valence-corrected chi connectivity index (χ2v) is 4.53. The molecule has 0 saturated heterocycles. The highest BCUT2D eigenvalue weighted by Gasteiger charge is 2.23. The number of hydrogen-bond acceptors (Lipinski definition) is 2. The molecule has 2 rings (SSSR count). The summed E-state index contributed by atoms with van der Waals surface area (Å²) in [6.07, 6.45) is -4.01. The van der Waals surface area contributed by atoms with Crippen molar-refractivity contribution in [2.75, 3.05) is 7.11 Å². The zero-order valence-electron chi connectivity index (χ0n) is 11.9. The minimum absolute atomic E-state index is 0.189. The molecule has 2 aromatic carbocycles. The summed E-state index contributed by atoms with van der Waals surface area (Å²) in [5.74, 6) is 1.11. The van der Waals surface area contributed by atoms with E-state index in [1.807, 2.05) is 0 Å². The van der Waals surface area contributed by atoms with Crippen LogP contribution < -0.4 is 9.47 Å². The van der Waals surface area contributed by atoms with Crippen molar-refractivity contribution in [1.82, 2.24) is 0 Å². The Bertz CT molecular complexity index is 604. The molecule has 0 radical (unpaired) electrons. The Morgan fingerprint density at radius 1 is 0.909 bits per heavy atom. The molecule has 0 bridgehead atoms. The van der Waals surface area contributed by atoms with Gasteiger partial charge in [0.2, 0.25) is 0 Å². The molecular weight excluding hydrogens is 293 g/mol. The Hall–Kier alpha value is -2.43. The van der Waals surface area contributed by atoms with Crippen LogP contribution in [0.5, 0.6) is 11.5 Å². The highest BCUT2D eigenvalue weighted by atomic mass is 19.4. The molecule has 0 aliphatic heterocycles. The van der Waals surface area contributed by atoms with Gasteiger partial charge >= 0.3 is 6.18 Å². The molecule has 2 nitrogen and oxygen atoms in total. The zero-order chi connectivity index (χ0) is 16.0. The molecule has 0 aromatic heterocycles. The SMILES string of the molecule is COc1ccc(OC(/C=C/C(F)(F)F)c2ccccc2)cc1. The van der Waals surface area contributed by atoms with E-state index in [1.54, 1.807) is 54.6 Å². The van der Waals surface area contributed by atoms with Crippen LogP contribution in [0.3, 0.4) is 0 Å². The van der Waals surface area contributed by atoms with Gasteiger partial charge in [0.1, 0.15) is 17.6 Å². The van der Waals surface area contributed by atoms with Gasteiger partial charge in [-0.25, -0.2) is 0 Å². The number of alkyl halides is 3. The van der Waals surface area contributed by atoms with Crippen LogP contribution in [0.1, 0.15) is 11.7 Å². The molecule has 0 spiro atoms. The summed E-state index contributed by atoms with van der Waals surface area (Å²) in [4.78, 5) is 0. The van der Waals surface area contributed by atoms with Crippen molar-refractivity contribution < 1.29 is 22.6 Å². The van der Waals surface area contributed by atoms with Gasteiger partial charge in [-0.05, 0) is 35.9 Å². The first-order valence-electron chi connectivity index (χ1n) is 6.60. The van der Waals surface area contributed by atoms with E-state index in [1.165, 1.54) is 7.11 Å². The van der Waals surface area contributed by atoms with Gasteiger partial charge in [-0.2, -0.15) is 13.2 Å². The maximum atomic E-state index is 12.4. The predicted molar refractivity (Wildman–Crippen MR) is 78.0 cm³/mol. The first-order valence-corrected chi connectivity index (χ1v) is 6.60. The van der Waals surface area contributed by atoms with Gasteiger partial charge in [-0.3, -0.25) is 0 Å². The van der Waals surface area contributed by atoms with Gasteiger partial charge in [0.25, 0.3) is 0 Å².